The van der Waals surface area contributed by atoms with Crippen LogP contribution in [0.15, 0.2) is 29.0 Å². The van der Waals surface area contributed by atoms with Gasteiger partial charge in [0, 0.05) is 6.42 Å². The first-order chi connectivity index (χ1) is 6.90. The zero-order valence-electron chi connectivity index (χ0n) is 7.86. The van der Waals surface area contributed by atoms with Crippen LogP contribution >= 0.6 is 0 Å². The van der Waals surface area contributed by atoms with Crippen LogP contribution in [-0.2, 0) is 6.42 Å². The number of furan rings is 1. The van der Waals surface area contributed by atoms with Gasteiger partial charge in [0.15, 0.2) is 5.76 Å². The highest BCUT2D eigenvalue weighted by Crippen LogP contribution is 2.17. The van der Waals surface area contributed by atoms with Gasteiger partial charge in [0.2, 0.25) is 0 Å². The third-order valence-corrected chi connectivity index (χ3v) is 2.03. The summed E-state index contributed by atoms with van der Waals surface area (Å²) in [6, 6.07) is 3.76. The van der Waals surface area contributed by atoms with Crippen LogP contribution in [0.3, 0.4) is 0 Å². The minimum Gasteiger partial charge on any atom is -0.463 e. The van der Waals surface area contributed by atoms with Gasteiger partial charge in [-0.3, -0.25) is 0 Å². The van der Waals surface area contributed by atoms with Gasteiger partial charge in [0.1, 0.15) is 11.5 Å². The molecule has 74 valence electrons. The maximum absolute atomic E-state index is 5.42. The summed E-state index contributed by atoms with van der Waals surface area (Å²) in [5.74, 6) is 1.78. The minimum absolute atomic E-state index is 0.691. The molecule has 0 amide bonds. The van der Waals surface area contributed by atoms with Crippen molar-refractivity contribution in [3.63, 3.8) is 0 Å². The van der Waals surface area contributed by atoms with Gasteiger partial charge in [0.25, 0.3) is 0 Å². The van der Waals surface area contributed by atoms with E-state index in [4.69, 9.17) is 10.2 Å². The van der Waals surface area contributed by atoms with E-state index in [0.717, 1.165) is 30.1 Å². The van der Waals surface area contributed by atoms with Crippen molar-refractivity contribution in [3.8, 4) is 11.5 Å². The molecular formula is C10H13N3O. The van der Waals surface area contributed by atoms with Gasteiger partial charge in [-0.1, -0.05) is 0 Å². The normalized spacial score (nSPS) is 10.6. The zero-order chi connectivity index (χ0) is 9.80. The van der Waals surface area contributed by atoms with Crippen molar-refractivity contribution in [1.82, 2.24) is 9.97 Å². The average molecular weight is 191 g/mol. The smallest absolute Gasteiger partial charge is 0.151 e. The molecule has 0 radical (unpaired) electrons. The van der Waals surface area contributed by atoms with Gasteiger partial charge in [-0.05, 0) is 25.1 Å². The first kappa shape index (κ1) is 9.02. The van der Waals surface area contributed by atoms with E-state index in [1.54, 1.807) is 12.5 Å². The van der Waals surface area contributed by atoms with Gasteiger partial charge in [0.05, 0.1) is 12.5 Å². The molecule has 0 atom stereocenters. The van der Waals surface area contributed by atoms with E-state index in [1.165, 1.54) is 0 Å². The molecule has 2 aromatic heterocycles. The number of rotatable bonds is 4. The molecule has 4 nitrogen and oxygen atoms in total. The summed E-state index contributed by atoms with van der Waals surface area (Å²) in [4.78, 5) is 7.43. The molecule has 14 heavy (non-hydrogen) atoms. The number of hydrogen-bond donors (Lipinski definition) is 2. The van der Waals surface area contributed by atoms with Gasteiger partial charge in [-0.15, -0.1) is 0 Å². The van der Waals surface area contributed by atoms with E-state index in [2.05, 4.69) is 9.97 Å². The molecule has 0 spiro atoms. The molecule has 2 aromatic rings. The number of hydrogen-bond acceptors (Lipinski definition) is 3. The Kier molecular flexibility index (Phi) is 2.65. The molecule has 0 aromatic carbocycles. The predicted octanol–water partition coefficient (Wildman–Crippen LogP) is 1.56. The van der Waals surface area contributed by atoms with E-state index >= 15 is 0 Å². The Morgan fingerprint density at radius 3 is 3.14 bits per heavy atom. The van der Waals surface area contributed by atoms with Crippen LogP contribution in [0.2, 0.25) is 0 Å². The Labute approximate surface area is 82.1 Å². The second-order valence-corrected chi connectivity index (χ2v) is 3.11. The lowest BCUT2D eigenvalue weighted by Crippen LogP contribution is -2.01. The minimum atomic E-state index is 0.691. The maximum Gasteiger partial charge on any atom is 0.151 e. The number of nitrogens with zero attached hydrogens (tertiary/aromatic N) is 1. The summed E-state index contributed by atoms with van der Waals surface area (Å²) in [7, 11) is 0. The zero-order valence-corrected chi connectivity index (χ0v) is 7.86. The van der Waals surface area contributed by atoms with Crippen LogP contribution < -0.4 is 5.73 Å². The fourth-order valence-corrected chi connectivity index (χ4v) is 1.32. The molecule has 2 rings (SSSR count). The molecule has 0 aliphatic rings. The Morgan fingerprint density at radius 2 is 2.43 bits per heavy atom. The number of H-pyrrole nitrogens is 1. The van der Waals surface area contributed by atoms with E-state index in [0.29, 0.717) is 6.54 Å². The second kappa shape index (κ2) is 4.11. The summed E-state index contributed by atoms with van der Waals surface area (Å²) >= 11 is 0. The van der Waals surface area contributed by atoms with E-state index in [1.807, 2.05) is 12.1 Å². The van der Waals surface area contributed by atoms with E-state index in [9.17, 15) is 0 Å². The SMILES string of the molecule is NCCCc1ncc(-c2ccco2)[nH]1. The molecule has 0 saturated carbocycles. The van der Waals surface area contributed by atoms with Crippen LogP contribution in [0.1, 0.15) is 12.2 Å². The molecular weight excluding hydrogens is 178 g/mol. The lowest BCUT2D eigenvalue weighted by atomic mass is 10.3. The largest absolute Gasteiger partial charge is 0.463 e. The van der Waals surface area contributed by atoms with Crippen molar-refractivity contribution in [2.24, 2.45) is 5.73 Å². The van der Waals surface area contributed by atoms with Gasteiger partial charge in [-0.2, -0.15) is 0 Å². The fraction of sp³-hybridized carbons (Fsp3) is 0.300. The summed E-state index contributed by atoms with van der Waals surface area (Å²) in [6.45, 7) is 0.691. The van der Waals surface area contributed by atoms with Crippen molar-refractivity contribution in [1.29, 1.82) is 0 Å². The standard InChI is InChI=1S/C10H13N3O/c11-5-1-4-10-12-7-8(13-10)9-3-2-6-14-9/h2-3,6-7H,1,4-5,11H2,(H,12,13). The third-order valence-electron chi connectivity index (χ3n) is 2.03. The number of aryl methyl sites for hydroxylation is 1. The Balaban J connectivity index is 2.10. The molecule has 3 N–H and O–H groups in total. The fourth-order valence-electron chi connectivity index (χ4n) is 1.32. The van der Waals surface area contributed by atoms with E-state index < -0.39 is 0 Å². The maximum atomic E-state index is 5.42. The highest BCUT2D eigenvalue weighted by Gasteiger charge is 2.04. The first-order valence-electron chi connectivity index (χ1n) is 4.68. The molecule has 0 aliphatic carbocycles. The number of aromatic amines is 1. The van der Waals surface area contributed by atoms with Crippen molar-refractivity contribution in [3.05, 3.63) is 30.4 Å². The van der Waals surface area contributed by atoms with Crippen LogP contribution in [0.4, 0.5) is 0 Å². The topological polar surface area (TPSA) is 67.8 Å². The summed E-state index contributed by atoms with van der Waals surface area (Å²) in [5, 5.41) is 0. The highest BCUT2D eigenvalue weighted by atomic mass is 16.3. The first-order valence-corrected chi connectivity index (χ1v) is 4.68. The van der Waals surface area contributed by atoms with Crippen LogP contribution in [0.25, 0.3) is 11.5 Å². The van der Waals surface area contributed by atoms with Crippen LogP contribution in [-0.4, -0.2) is 16.5 Å². The lowest BCUT2D eigenvalue weighted by molar-refractivity contribution is 0.580. The third kappa shape index (κ3) is 1.85. The molecule has 4 heteroatoms. The Bertz CT molecular complexity index is 378. The Morgan fingerprint density at radius 1 is 1.50 bits per heavy atom. The number of nitrogens with two attached hydrogens (primary N) is 1. The number of imidazole rings is 1. The van der Waals surface area contributed by atoms with Gasteiger partial charge >= 0.3 is 0 Å². The van der Waals surface area contributed by atoms with Gasteiger partial charge < -0.3 is 15.1 Å². The number of nitrogens with one attached hydrogen (secondary N) is 1. The molecule has 0 bridgehead atoms. The van der Waals surface area contributed by atoms with Crippen LogP contribution in [0.5, 0.6) is 0 Å². The highest BCUT2D eigenvalue weighted by molar-refractivity contribution is 5.50. The molecule has 0 aliphatic heterocycles. The van der Waals surface area contributed by atoms with Gasteiger partial charge in [-0.25, -0.2) is 4.98 Å². The second-order valence-electron chi connectivity index (χ2n) is 3.11. The summed E-state index contributed by atoms with van der Waals surface area (Å²) in [5.41, 5.74) is 6.34. The molecule has 0 fully saturated rings. The quantitative estimate of drug-likeness (QED) is 0.770. The van der Waals surface area contributed by atoms with Crippen molar-refractivity contribution in [2.75, 3.05) is 6.54 Å². The van der Waals surface area contributed by atoms with Crippen LogP contribution in [0, 0.1) is 0 Å². The lowest BCUT2D eigenvalue weighted by Gasteiger charge is -1.93. The number of aromatic nitrogens is 2. The predicted molar refractivity (Wildman–Crippen MR) is 53.7 cm³/mol. The van der Waals surface area contributed by atoms with E-state index in [-0.39, 0.29) is 0 Å². The Hall–Kier alpha value is -1.55. The average Bonchev–Trinajstić information content (AvgIpc) is 2.85. The van der Waals surface area contributed by atoms with Crippen molar-refractivity contribution in [2.45, 2.75) is 12.8 Å². The molecule has 2 heterocycles. The van der Waals surface area contributed by atoms with Crippen molar-refractivity contribution >= 4 is 0 Å². The summed E-state index contributed by atoms with van der Waals surface area (Å²) < 4.78 is 5.24. The molecule has 0 unspecified atom stereocenters. The monoisotopic (exact) mass is 191 g/mol. The summed E-state index contributed by atoms with van der Waals surface area (Å²) in [6.07, 6.45) is 5.27. The van der Waals surface area contributed by atoms with Crippen molar-refractivity contribution < 1.29 is 4.42 Å². The molecule has 0 saturated heterocycles.